The Labute approximate surface area is 204 Å². The number of carbonyl (C=O) groups is 4. The molecule has 0 spiro atoms. The zero-order valence-corrected chi connectivity index (χ0v) is 20.8. The molecule has 2 saturated heterocycles. The molecule has 0 unspecified atom stereocenters. The van der Waals surface area contributed by atoms with Crippen LogP contribution in [-0.2, 0) is 19.1 Å². The first-order chi connectivity index (χ1) is 16.0. The Morgan fingerprint density at radius 1 is 1.12 bits per heavy atom. The van der Waals surface area contributed by atoms with Gasteiger partial charge in [0.25, 0.3) is 5.91 Å². The van der Waals surface area contributed by atoms with Crippen LogP contribution in [0, 0.1) is 5.92 Å². The van der Waals surface area contributed by atoms with E-state index < -0.39 is 46.7 Å². The van der Waals surface area contributed by atoms with Crippen molar-refractivity contribution in [1.29, 1.82) is 0 Å². The molecule has 3 atom stereocenters. The van der Waals surface area contributed by atoms with Crippen LogP contribution < -0.4 is 10.6 Å². The second kappa shape index (κ2) is 10.8. The van der Waals surface area contributed by atoms with E-state index in [0.29, 0.717) is 25.9 Å². The Hall–Kier alpha value is -2.49. The molecule has 10 heteroatoms. The molecule has 1 aromatic rings. The van der Waals surface area contributed by atoms with E-state index in [4.69, 9.17) is 21.1 Å². The van der Waals surface area contributed by atoms with Gasteiger partial charge in [0, 0.05) is 12.8 Å². The molecule has 0 radical (unpaired) electrons. The van der Waals surface area contributed by atoms with E-state index in [2.05, 4.69) is 10.6 Å². The van der Waals surface area contributed by atoms with Crippen molar-refractivity contribution in [2.75, 3.05) is 13.1 Å². The monoisotopic (exact) mass is 494 g/mol. The summed E-state index contributed by atoms with van der Waals surface area (Å²) in [5.41, 5.74) is 0.256. The first kappa shape index (κ1) is 26.1. The second-order valence-corrected chi connectivity index (χ2v) is 9.83. The number of cyclic esters (lactones) is 1. The van der Waals surface area contributed by atoms with Gasteiger partial charge < -0.3 is 14.8 Å². The van der Waals surface area contributed by atoms with Crippen LogP contribution in [0.3, 0.4) is 0 Å². The SMILES string of the molecule is CC(C)O[C@H]1CC(=O)O[C@@H]1NC(=O)[N+]1(C(=O)[C@@H](NC(=O)c2ccccc2Cl)C(C)C)CCCC1. The molecule has 9 nitrogen and oxygen atoms in total. The third-order valence-corrected chi connectivity index (χ3v) is 6.48. The van der Waals surface area contributed by atoms with E-state index in [-0.39, 0.29) is 29.0 Å². The van der Waals surface area contributed by atoms with Crippen LogP contribution in [0.5, 0.6) is 0 Å². The van der Waals surface area contributed by atoms with Crippen LogP contribution in [0.1, 0.15) is 57.3 Å². The number of halogens is 1. The predicted molar refractivity (Wildman–Crippen MR) is 125 cm³/mol. The highest BCUT2D eigenvalue weighted by Crippen LogP contribution is 2.26. The van der Waals surface area contributed by atoms with Gasteiger partial charge in [-0.15, -0.1) is 0 Å². The highest BCUT2D eigenvalue weighted by atomic mass is 35.5. The van der Waals surface area contributed by atoms with E-state index in [9.17, 15) is 19.2 Å². The fourth-order valence-corrected chi connectivity index (χ4v) is 4.64. The fraction of sp³-hybridized carbons (Fsp3) is 0.583. The maximum Gasteiger partial charge on any atom is 0.427 e. The quantitative estimate of drug-likeness (QED) is 0.445. The minimum atomic E-state index is -0.971. The fourth-order valence-electron chi connectivity index (χ4n) is 4.42. The Balaban J connectivity index is 1.81. The van der Waals surface area contributed by atoms with Crippen molar-refractivity contribution in [2.24, 2.45) is 5.92 Å². The largest absolute Gasteiger partial charge is 0.439 e. The number of urea groups is 1. The third-order valence-electron chi connectivity index (χ3n) is 6.15. The molecular weight excluding hydrogens is 462 g/mol. The topological polar surface area (TPSA) is 111 Å². The van der Waals surface area contributed by atoms with Crippen molar-refractivity contribution in [3.8, 4) is 0 Å². The molecule has 2 heterocycles. The minimum Gasteiger partial charge on any atom is -0.439 e. The van der Waals surface area contributed by atoms with E-state index in [0.717, 1.165) is 0 Å². The molecular formula is C24H33ClN3O6+. The number of nitrogens with zero attached hydrogens (tertiary/aromatic N) is 1. The maximum absolute atomic E-state index is 13.8. The van der Waals surface area contributed by atoms with Crippen molar-refractivity contribution in [2.45, 2.75) is 71.4 Å². The van der Waals surface area contributed by atoms with Gasteiger partial charge in [-0.2, -0.15) is 4.48 Å². The van der Waals surface area contributed by atoms with Gasteiger partial charge >= 0.3 is 17.9 Å². The third kappa shape index (κ3) is 5.59. The van der Waals surface area contributed by atoms with Gasteiger partial charge in [0.2, 0.25) is 6.23 Å². The van der Waals surface area contributed by atoms with Crippen LogP contribution >= 0.6 is 11.6 Å². The van der Waals surface area contributed by atoms with Gasteiger partial charge in [0.1, 0.15) is 12.1 Å². The first-order valence-corrected chi connectivity index (χ1v) is 12.1. The van der Waals surface area contributed by atoms with Gasteiger partial charge in [0.05, 0.1) is 36.2 Å². The molecule has 0 saturated carbocycles. The number of likely N-dealkylation sites (tertiary alicyclic amines) is 1. The Kier molecular flexibility index (Phi) is 8.33. The summed E-state index contributed by atoms with van der Waals surface area (Å²) in [7, 11) is 0. The summed E-state index contributed by atoms with van der Waals surface area (Å²) in [6.07, 6.45) is -0.381. The number of esters is 1. The number of ether oxygens (including phenoxy) is 2. The number of imide groups is 1. The predicted octanol–water partition coefficient (Wildman–Crippen LogP) is 3.01. The van der Waals surface area contributed by atoms with Crippen molar-refractivity contribution in [3.63, 3.8) is 0 Å². The summed E-state index contributed by atoms with van der Waals surface area (Å²) in [5.74, 6) is -1.63. The molecule has 34 heavy (non-hydrogen) atoms. The lowest BCUT2D eigenvalue weighted by atomic mass is 10.0. The molecule has 2 aliphatic rings. The average molecular weight is 495 g/mol. The van der Waals surface area contributed by atoms with Crippen LogP contribution in [0.4, 0.5) is 4.79 Å². The molecule has 2 N–H and O–H groups in total. The van der Waals surface area contributed by atoms with Gasteiger partial charge in [-0.05, 0) is 31.9 Å². The average Bonchev–Trinajstić information content (AvgIpc) is 3.39. The zero-order chi connectivity index (χ0) is 25.0. The van der Waals surface area contributed by atoms with Crippen molar-refractivity contribution in [3.05, 3.63) is 34.9 Å². The van der Waals surface area contributed by atoms with Crippen molar-refractivity contribution >= 4 is 35.4 Å². The molecule has 0 aliphatic carbocycles. The molecule has 2 aliphatic heterocycles. The van der Waals surface area contributed by atoms with E-state index >= 15 is 0 Å². The Bertz CT molecular complexity index is 944. The zero-order valence-electron chi connectivity index (χ0n) is 20.0. The molecule has 4 amide bonds. The van der Waals surface area contributed by atoms with Crippen molar-refractivity contribution in [1.82, 2.24) is 10.6 Å². The summed E-state index contributed by atoms with van der Waals surface area (Å²) < 4.78 is 10.5. The van der Waals surface area contributed by atoms with E-state index in [1.807, 2.05) is 27.7 Å². The minimum absolute atomic E-state index is 0.0274. The number of carbonyl (C=O) groups excluding carboxylic acids is 4. The summed E-state index contributed by atoms with van der Waals surface area (Å²) in [6.45, 7) is 7.87. The lowest BCUT2D eigenvalue weighted by Gasteiger charge is -2.34. The molecule has 1 aromatic carbocycles. The summed E-state index contributed by atoms with van der Waals surface area (Å²) in [6, 6.07) is 5.11. The van der Waals surface area contributed by atoms with Gasteiger partial charge in [-0.25, -0.2) is 9.59 Å². The Morgan fingerprint density at radius 3 is 2.35 bits per heavy atom. The van der Waals surface area contributed by atoms with Crippen LogP contribution in [-0.4, -0.2) is 65.9 Å². The number of benzene rings is 1. The summed E-state index contributed by atoms with van der Waals surface area (Å²) in [5, 5.41) is 5.79. The number of hydrogen-bond acceptors (Lipinski definition) is 6. The van der Waals surface area contributed by atoms with Gasteiger partial charge in [0.15, 0.2) is 0 Å². The first-order valence-electron chi connectivity index (χ1n) is 11.7. The standard InChI is InChI=1S/C24H32ClN3O6/c1-14(2)20(26-21(30)16-9-5-6-10-17(16)25)23(31)28(11-7-8-12-28)24(32)27-22-18(33-15(3)4)13-19(29)34-22/h5-6,9-10,14-15,18,20,22H,7-8,11-13H2,1-4H3,(H-,26,27,30,32)/p+1/t18-,20-,22-/m0/s1. The second-order valence-electron chi connectivity index (χ2n) is 9.42. The van der Waals surface area contributed by atoms with Gasteiger partial charge in [-0.1, -0.05) is 37.6 Å². The van der Waals surface area contributed by atoms with E-state index in [1.54, 1.807) is 24.3 Å². The maximum atomic E-state index is 13.8. The number of rotatable bonds is 7. The molecule has 2 fully saturated rings. The summed E-state index contributed by atoms with van der Waals surface area (Å²) >= 11 is 6.16. The number of hydrogen-bond donors (Lipinski definition) is 2. The molecule has 0 aromatic heterocycles. The lowest BCUT2D eigenvalue weighted by molar-refractivity contribution is -0.761. The number of quaternary nitrogens is 1. The van der Waals surface area contributed by atoms with Crippen LogP contribution in [0.15, 0.2) is 24.3 Å². The van der Waals surface area contributed by atoms with Crippen molar-refractivity contribution < 1.29 is 33.1 Å². The molecule has 3 rings (SSSR count). The molecule has 0 bridgehead atoms. The van der Waals surface area contributed by atoms with Crippen LogP contribution in [0.25, 0.3) is 0 Å². The highest BCUT2D eigenvalue weighted by Gasteiger charge is 2.53. The smallest absolute Gasteiger partial charge is 0.427 e. The lowest BCUT2D eigenvalue weighted by Crippen LogP contribution is -2.67. The van der Waals surface area contributed by atoms with E-state index in [1.165, 1.54) is 0 Å². The Morgan fingerprint density at radius 2 is 1.76 bits per heavy atom. The summed E-state index contributed by atoms with van der Waals surface area (Å²) in [4.78, 5) is 52.1. The normalized spacial score (nSPS) is 22.5. The molecule has 186 valence electrons. The highest BCUT2D eigenvalue weighted by molar-refractivity contribution is 6.33. The number of nitrogens with one attached hydrogen (secondary N) is 2. The van der Waals surface area contributed by atoms with Gasteiger partial charge in [-0.3, -0.25) is 14.9 Å². The van der Waals surface area contributed by atoms with Crippen LogP contribution in [0.2, 0.25) is 5.02 Å². The number of amides is 4.